The Morgan fingerprint density at radius 2 is 1.55 bits per heavy atom. The van der Waals surface area contributed by atoms with E-state index in [1.807, 2.05) is 99.6 Å². The molecule has 0 aromatic heterocycles. The molecular weight excluding hydrogens is 472 g/mol. The van der Waals surface area contributed by atoms with E-state index in [9.17, 15) is 9.59 Å². The van der Waals surface area contributed by atoms with Crippen molar-refractivity contribution in [2.45, 2.75) is 78.4 Å². The number of aryl methyl sites for hydroxylation is 1. The first-order valence-corrected chi connectivity index (χ1v) is 13.5. The first kappa shape index (κ1) is 29.0. The number of nitrogens with zero attached hydrogens (tertiary/aromatic N) is 1. The van der Waals surface area contributed by atoms with E-state index in [2.05, 4.69) is 26.1 Å². The Bertz CT molecular complexity index is 1200. The molecule has 0 radical (unpaired) electrons. The van der Waals surface area contributed by atoms with Crippen LogP contribution in [0.25, 0.3) is 0 Å². The van der Waals surface area contributed by atoms with Crippen LogP contribution < -0.4 is 10.1 Å². The summed E-state index contributed by atoms with van der Waals surface area (Å²) in [6, 6.07) is 25.0. The lowest BCUT2D eigenvalue weighted by Crippen LogP contribution is -2.53. The lowest BCUT2D eigenvalue weighted by molar-refractivity contribution is -0.143. The third kappa shape index (κ3) is 7.95. The molecule has 0 saturated carbocycles. The van der Waals surface area contributed by atoms with Gasteiger partial charge in [-0.2, -0.15) is 0 Å². The fraction of sp³-hybridized carbons (Fsp3) is 0.394. The number of carbonyl (C=O) groups is 2. The van der Waals surface area contributed by atoms with E-state index in [1.54, 1.807) is 4.90 Å². The molecule has 3 aromatic rings. The number of ether oxygens (including phenoxy) is 1. The second-order valence-electron chi connectivity index (χ2n) is 11.0. The molecule has 202 valence electrons. The van der Waals surface area contributed by atoms with Crippen LogP contribution in [-0.2, 0) is 28.0 Å². The van der Waals surface area contributed by atoms with Gasteiger partial charge in [0.1, 0.15) is 11.8 Å². The summed E-state index contributed by atoms with van der Waals surface area (Å²) in [6.45, 7) is 12.6. The van der Waals surface area contributed by atoms with E-state index >= 15 is 0 Å². The second kappa shape index (κ2) is 13.3. The Hall–Kier alpha value is -3.60. The molecule has 38 heavy (non-hydrogen) atoms. The Morgan fingerprint density at radius 1 is 0.921 bits per heavy atom. The maximum atomic E-state index is 13.9. The molecule has 0 heterocycles. The molecule has 3 aromatic carbocycles. The van der Waals surface area contributed by atoms with E-state index in [4.69, 9.17) is 4.74 Å². The summed E-state index contributed by atoms with van der Waals surface area (Å²) < 4.78 is 6.13. The van der Waals surface area contributed by atoms with E-state index < -0.39 is 6.04 Å². The standard InChI is InChI=1S/C33H42N2O3/c1-7-25(3)34-32(37)29(21-26-16-9-8-10-17-26)35(22-27-18-12-11-15-24(27)2)31(36)23-38-30-20-14-13-19-28(30)33(4,5)6/h8-20,25,29H,7,21-23H2,1-6H3,(H,34,37). The highest BCUT2D eigenvalue weighted by Gasteiger charge is 2.32. The number of amides is 2. The molecule has 2 amide bonds. The van der Waals surface area contributed by atoms with Gasteiger partial charge in [-0.15, -0.1) is 0 Å². The normalized spacial score (nSPS) is 12.9. The summed E-state index contributed by atoms with van der Waals surface area (Å²) >= 11 is 0. The molecule has 0 fully saturated rings. The zero-order chi connectivity index (χ0) is 27.7. The molecule has 0 aliphatic carbocycles. The summed E-state index contributed by atoms with van der Waals surface area (Å²) in [4.78, 5) is 29.2. The minimum atomic E-state index is -0.681. The van der Waals surface area contributed by atoms with Crippen LogP contribution in [0.5, 0.6) is 5.75 Å². The predicted octanol–water partition coefficient (Wildman–Crippen LogP) is 6.23. The Morgan fingerprint density at radius 3 is 2.21 bits per heavy atom. The first-order chi connectivity index (χ1) is 18.1. The van der Waals surface area contributed by atoms with Crippen molar-refractivity contribution in [1.82, 2.24) is 10.2 Å². The van der Waals surface area contributed by atoms with Crippen LogP contribution in [0.2, 0.25) is 0 Å². The highest BCUT2D eigenvalue weighted by molar-refractivity contribution is 5.88. The van der Waals surface area contributed by atoms with Gasteiger partial charge in [0.05, 0.1) is 0 Å². The minimum absolute atomic E-state index is 0.00565. The number of carbonyl (C=O) groups excluding carboxylic acids is 2. The number of benzene rings is 3. The van der Waals surface area contributed by atoms with Crippen molar-refractivity contribution in [3.63, 3.8) is 0 Å². The summed E-state index contributed by atoms with van der Waals surface area (Å²) in [6.07, 6.45) is 1.22. The molecule has 0 aliphatic rings. The van der Waals surface area contributed by atoms with Gasteiger partial charge in [0.15, 0.2) is 6.61 Å². The van der Waals surface area contributed by atoms with Gasteiger partial charge < -0.3 is 15.0 Å². The Kier molecular flexibility index (Phi) is 10.1. The molecule has 0 aliphatic heterocycles. The number of nitrogens with one attached hydrogen (secondary N) is 1. The number of rotatable bonds is 11. The maximum Gasteiger partial charge on any atom is 0.261 e. The Balaban J connectivity index is 1.96. The van der Waals surface area contributed by atoms with Crippen LogP contribution in [0, 0.1) is 6.92 Å². The van der Waals surface area contributed by atoms with Crippen LogP contribution in [0.3, 0.4) is 0 Å². The lowest BCUT2D eigenvalue weighted by Gasteiger charge is -2.33. The van der Waals surface area contributed by atoms with Crippen LogP contribution >= 0.6 is 0 Å². The van der Waals surface area contributed by atoms with Crippen molar-refractivity contribution in [3.8, 4) is 5.75 Å². The van der Waals surface area contributed by atoms with Gasteiger partial charge in [-0.1, -0.05) is 100 Å². The highest BCUT2D eigenvalue weighted by atomic mass is 16.5. The Labute approximate surface area is 228 Å². The number of para-hydroxylation sites is 1. The monoisotopic (exact) mass is 514 g/mol. The SMILES string of the molecule is CCC(C)NC(=O)C(Cc1ccccc1)N(Cc1ccccc1C)C(=O)COc1ccccc1C(C)(C)C. The quantitative estimate of drug-likeness (QED) is 0.330. The van der Waals surface area contributed by atoms with Gasteiger partial charge in [0.2, 0.25) is 5.91 Å². The maximum absolute atomic E-state index is 13.9. The number of hydrogen-bond donors (Lipinski definition) is 1. The second-order valence-corrected chi connectivity index (χ2v) is 11.0. The molecule has 0 spiro atoms. The molecule has 3 rings (SSSR count). The molecule has 0 bridgehead atoms. The van der Waals surface area contributed by atoms with Crippen LogP contribution in [0.4, 0.5) is 0 Å². The molecule has 5 nitrogen and oxygen atoms in total. The van der Waals surface area contributed by atoms with E-state index in [0.717, 1.165) is 28.7 Å². The molecule has 2 unspecified atom stereocenters. The van der Waals surface area contributed by atoms with Crippen molar-refractivity contribution >= 4 is 11.8 Å². The molecular formula is C33H42N2O3. The first-order valence-electron chi connectivity index (χ1n) is 13.5. The van der Waals surface area contributed by atoms with Gasteiger partial charge >= 0.3 is 0 Å². The predicted molar refractivity (Wildman–Crippen MR) is 154 cm³/mol. The van der Waals surface area contributed by atoms with Gasteiger partial charge in [0.25, 0.3) is 5.91 Å². The fourth-order valence-electron chi connectivity index (χ4n) is 4.40. The van der Waals surface area contributed by atoms with E-state index in [-0.39, 0.29) is 29.9 Å². The van der Waals surface area contributed by atoms with Gasteiger partial charge in [-0.25, -0.2) is 0 Å². The van der Waals surface area contributed by atoms with Crippen molar-refractivity contribution < 1.29 is 14.3 Å². The summed E-state index contributed by atoms with van der Waals surface area (Å²) in [5.74, 6) is 0.310. The highest BCUT2D eigenvalue weighted by Crippen LogP contribution is 2.31. The van der Waals surface area contributed by atoms with Crippen molar-refractivity contribution in [3.05, 3.63) is 101 Å². The molecule has 2 atom stereocenters. The minimum Gasteiger partial charge on any atom is -0.483 e. The summed E-state index contributed by atoms with van der Waals surface area (Å²) in [5.41, 5.74) is 3.98. The van der Waals surface area contributed by atoms with Crippen molar-refractivity contribution in [1.29, 1.82) is 0 Å². The third-order valence-electron chi connectivity index (χ3n) is 6.92. The lowest BCUT2D eigenvalue weighted by atomic mass is 9.86. The zero-order valence-electron chi connectivity index (χ0n) is 23.7. The van der Waals surface area contributed by atoms with Gasteiger partial charge in [-0.3, -0.25) is 9.59 Å². The third-order valence-corrected chi connectivity index (χ3v) is 6.92. The fourth-order valence-corrected chi connectivity index (χ4v) is 4.40. The van der Waals surface area contributed by atoms with Gasteiger partial charge in [-0.05, 0) is 54.0 Å². The van der Waals surface area contributed by atoms with Crippen LogP contribution in [0.15, 0.2) is 78.9 Å². The van der Waals surface area contributed by atoms with E-state index in [1.165, 1.54) is 0 Å². The molecule has 1 N–H and O–H groups in total. The average molecular weight is 515 g/mol. The van der Waals surface area contributed by atoms with Crippen molar-refractivity contribution in [2.75, 3.05) is 6.61 Å². The summed E-state index contributed by atoms with van der Waals surface area (Å²) in [7, 11) is 0. The van der Waals surface area contributed by atoms with E-state index in [0.29, 0.717) is 18.7 Å². The van der Waals surface area contributed by atoms with Crippen LogP contribution in [0.1, 0.15) is 63.3 Å². The smallest absolute Gasteiger partial charge is 0.261 e. The topological polar surface area (TPSA) is 58.6 Å². The summed E-state index contributed by atoms with van der Waals surface area (Å²) in [5, 5.41) is 3.11. The zero-order valence-corrected chi connectivity index (χ0v) is 23.7. The molecule has 0 saturated heterocycles. The largest absolute Gasteiger partial charge is 0.483 e. The number of hydrogen-bond acceptors (Lipinski definition) is 3. The average Bonchev–Trinajstić information content (AvgIpc) is 2.90. The van der Waals surface area contributed by atoms with Crippen molar-refractivity contribution in [2.24, 2.45) is 0 Å². The van der Waals surface area contributed by atoms with Gasteiger partial charge in [0, 0.05) is 19.0 Å². The van der Waals surface area contributed by atoms with Crippen LogP contribution in [-0.4, -0.2) is 35.4 Å². The molecule has 5 heteroatoms.